The van der Waals surface area contributed by atoms with Crippen molar-refractivity contribution in [1.29, 1.82) is 0 Å². The van der Waals surface area contributed by atoms with Crippen molar-refractivity contribution in [3.05, 3.63) is 88.0 Å². The van der Waals surface area contributed by atoms with E-state index in [9.17, 15) is 20.1 Å². The van der Waals surface area contributed by atoms with Crippen LogP contribution in [0, 0.1) is 10.1 Å². The van der Waals surface area contributed by atoms with Gasteiger partial charge in [0, 0.05) is 18.1 Å². The molecule has 142 valence electrons. The number of aryl methyl sites for hydroxylation is 1. The molecule has 3 aromatic carbocycles. The summed E-state index contributed by atoms with van der Waals surface area (Å²) in [7, 11) is 0. The summed E-state index contributed by atoms with van der Waals surface area (Å²) in [4.78, 5) is 23.2. The van der Waals surface area contributed by atoms with Gasteiger partial charge < -0.3 is 9.94 Å². The maximum Gasteiger partial charge on any atom is 0.356 e. The summed E-state index contributed by atoms with van der Waals surface area (Å²) in [6.07, 6.45) is 0.177. The van der Waals surface area contributed by atoms with Crippen molar-refractivity contribution in [2.75, 3.05) is 0 Å². The summed E-state index contributed by atoms with van der Waals surface area (Å²) in [5.74, 6) is -0.755. The first kappa shape index (κ1) is 19.0. The molecule has 0 atom stereocenters. The Labute approximate surface area is 161 Å². The second-order valence-electron chi connectivity index (χ2n) is 6.15. The Hall–Kier alpha value is -3.74. The van der Waals surface area contributed by atoms with Gasteiger partial charge in [-0.15, -0.1) is 0 Å². The minimum atomic E-state index is -0.755. The van der Waals surface area contributed by atoms with E-state index < -0.39 is 10.9 Å². The first-order valence-electron chi connectivity index (χ1n) is 8.67. The van der Waals surface area contributed by atoms with Gasteiger partial charge in [0.1, 0.15) is 6.61 Å². The van der Waals surface area contributed by atoms with E-state index in [1.165, 1.54) is 6.07 Å². The van der Waals surface area contributed by atoms with E-state index in [-0.39, 0.29) is 30.8 Å². The molecule has 1 N–H and O–H groups in total. The number of nitro groups is 1. The molecular formula is C21H18N2O5. The Balaban J connectivity index is 1.75. The molecule has 0 amide bonds. The van der Waals surface area contributed by atoms with E-state index in [4.69, 9.17) is 4.74 Å². The van der Waals surface area contributed by atoms with E-state index in [0.717, 1.165) is 16.3 Å². The first-order chi connectivity index (χ1) is 13.6. The zero-order chi connectivity index (χ0) is 19.9. The number of nitro benzene ring substituents is 1. The van der Waals surface area contributed by atoms with Crippen LogP contribution in [-0.2, 0) is 22.6 Å². The summed E-state index contributed by atoms with van der Waals surface area (Å²) in [6.45, 7) is 0.0487. The normalized spacial score (nSPS) is 11.4. The van der Waals surface area contributed by atoms with Crippen LogP contribution >= 0.6 is 0 Å². The zero-order valence-electron chi connectivity index (χ0n) is 14.9. The van der Waals surface area contributed by atoms with Gasteiger partial charge >= 0.3 is 5.97 Å². The zero-order valence-corrected chi connectivity index (χ0v) is 14.9. The number of ether oxygens (including phenoxy) is 1. The molecule has 0 aromatic heterocycles. The molecule has 3 rings (SSSR count). The lowest BCUT2D eigenvalue weighted by Gasteiger charge is -2.09. The quantitative estimate of drug-likeness (QED) is 0.218. The summed E-state index contributed by atoms with van der Waals surface area (Å²) in [6, 6.07) is 19.5. The van der Waals surface area contributed by atoms with Gasteiger partial charge in [0.25, 0.3) is 5.69 Å². The molecule has 7 nitrogen and oxygen atoms in total. The average molecular weight is 378 g/mol. The lowest BCUT2D eigenvalue weighted by atomic mass is 9.98. The van der Waals surface area contributed by atoms with Crippen molar-refractivity contribution < 1.29 is 19.7 Å². The van der Waals surface area contributed by atoms with E-state index in [0.29, 0.717) is 5.56 Å². The molecule has 0 aliphatic rings. The van der Waals surface area contributed by atoms with Crippen LogP contribution in [0.2, 0.25) is 0 Å². The average Bonchev–Trinajstić information content (AvgIpc) is 2.73. The highest BCUT2D eigenvalue weighted by Gasteiger charge is 2.20. The molecule has 0 saturated heterocycles. The Morgan fingerprint density at radius 2 is 1.75 bits per heavy atom. The highest BCUT2D eigenvalue weighted by atomic mass is 16.6. The van der Waals surface area contributed by atoms with Crippen LogP contribution in [0.15, 0.2) is 71.9 Å². The Morgan fingerprint density at radius 1 is 1.04 bits per heavy atom. The van der Waals surface area contributed by atoms with Gasteiger partial charge in [0.15, 0.2) is 5.71 Å². The predicted molar refractivity (Wildman–Crippen MR) is 104 cm³/mol. The molecule has 0 radical (unpaired) electrons. The van der Waals surface area contributed by atoms with Crippen molar-refractivity contribution >= 4 is 28.1 Å². The van der Waals surface area contributed by atoms with Gasteiger partial charge in [-0.1, -0.05) is 59.8 Å². The van der Waals surface area contributed by atoms with Gasteiger partial charge in [-0.2, -0.15) is 0 Å². The Bertz CT molecular complexity index is 1030. The van der Waals surface area contributed by atoms with E-state index >= 15 is 0 Å². The molecule has 0 saturated carbocycles. The minimum absolute atomic E-state index is 0.0129. The molecule has 0 spiro atoms. The van der Waals surface area contributed by atoms with Gasteiger partial charge in [-0.05, 0) is 28.8 Å². The van der Waals surface area contributed by atoms with Crippen LogP contribution in [0.1, 0.15) is 17.5 Å². The molecule has 3 aromatic rings. The monoisotopic (exact) mass is 378 g/mol. The van der Waals surface area contributed by atoms with Crippen molar-refractivity contribution in [2.24, 2.45) is 5.16 Å². The number of benzene rings is 3. The predicted octanol–water partition coefficient (Wildman–Crippen LogP) is 4.25. The lowest BCUT2D eigenvalue weighted by molar-refractivity contribution is -0.385. The number of hydrogen-bond donors (Lipinski definition) is 1. The van der Waals surface area contributed by atoms with E-state index in [1.807, 2.05) is 42.5 Å². The molecule has 7 heteroatoms. The SMILES string of the molecule is O=C(OCc1ccccc1)C(CCc1c([N+](=O)[O-])ccc2ccccc12)=NO. The number of carbonyl (C=O) groups is 1. The number of fused-ring (bicyclic) bond motifs is 1. The minimum Gasteiger partial charge on any atom is -0.456 e. The highest BCUT2D eigenvalue weighted by molar-refractivity contribution is 6.36. The maximum absolute atomic E-state index is 12.2. The molecule has 0 heterocycles. The fourth-order valence-corrected chi connectivity index (χ4v) is 3.00. The van der Waals surface area contributed by atoms with Crippen LogP contribution in [0.25, 0.3) is 10.8 Å². The third-order valence-electron chi connectivity index (χ3n) is 4.39. The first-order valence-corrected chi connectivity index (χ1v) is 8.67. The van der Waals surface area contributed by atoms with Gasteiger partial charge in [0.05, 0.1) is 4.92 Å². The smallest absolute Gasteiger partial charge is 0.356 e. The van der Waals surface area contributed by atoms with Gasteiger partial charge in [0.2, 0.25) is 0 Å². The number of oxime groups is 1. The third kappa shape index (κ3) is 4.32. The van der Waals surface area contributed by atoms with Crippen molar-refractivity contribution in [2.45, 2.75) is 19.4 Å². The largest absolute Gasteiger partial charge is 0.456 e. The second kappa shape index (κ2) is 8.77. The molecule has 0 fully saturated rings. The molecule has 0 bridgehead atoms. The topological polar surface area (TPSA) is 102 Å². The molecule has 0 unspecified atom stereocenters. The molecule has 0 aliphatic carbocycles. The summed E-state index contributed by atoms with van der Waals surface area (Å²) in [5, 5.41) is 25.3. The number of esters is 1. The number of carbonyl (C=O) groups excluding carboxylic acids is 1. The summed E-state index contributed by atoms with van der Waals surface area (Å²) < 4.78 is 5.17. The number of hydrogen-bond acceptors (Lipinski definition) is 6. The summed E-state index contributed by atoms with van der Waals surface area (Å²) in [5.41, 5.74) is 1.07. The van der Waals surface area contributed by atoms with Gasteiger partial charge in [-0.25, -0.2) is 4.79 Å². The lowest BCUT2D eigenvalue weighted by Crippen LogP contribution is -2.18. The fourth-order valence-electron chi connectivity index (χ4n) is 3.00. The van der Waals surface area contributed by atoms with Crippen LogP contribution < -0.4 is 0 Å². The van der Waals surface area contributed by atoms with Crippen LogP contribution in [0.3, 0.4) is 0 Å². The van der Waals surface area contributed by atoms with Crippen molar-refractivity contribution in [3.63, 3.8) is 0 Å². The maximum atomic E-state index is 12.2. The van der Waals surface area contributed by atoms with E-state index in [1.54, 1.807) is 18.2 Å². The van der Waals surface area contributed by atoms with Crippen molar-refractivity contribution in [3.8, 4) is 0 Å². The molecule has 28 heavy (non-hydrogen) atoms. The number of nitrogens with zero attached hydrogens (tertiary/aromatic N) is 2. The van der Waals surface area contributed by atoms with Crippen LogP contribution in [0.5, 0.6) is 0 Å². The molecule has 0 aliphatic heterocycles. The third-order valence-corrected chi connectivity index (χ3v) is 4.39. The summed E-state index contributed by atoms with van der Waals surface area (Å²) >= 11 is 0. The number of rotatable bonds is 7. The molecular weight excluding hydrogens is 360 g/mol. The highest BCUT2D eigenvalue weighted by Crippen LogP contribution is 2.29. The Kier molecular flexibility index (Phi) is 5.96. The second-order valence-corrected chi connectivity index (χ2v) is 6.15. The van der Waals surface area contributed by atoms with Crippen LogP contribution in [-0.4, -0.2) is 21.8 Å². The van der Waals surface area contributed by atoms with E-state index in [2.05, 4.69) is 5.16 Å². The van der Waals surface area contributed by atoms with Crippen LogP contribution in [0.4, 0.5) is 5.69 Å². The standard InChI is InChI=1S/C21H18N2O5/c24-21(28-14-15-6-2-1-3-7-15)19(22-25)12-11-18-17-9-5-4-8-16(17)10-13-20(18)23(26)27/h1-10,13,25H,11-12,14H2. The Morgan fingerprint density at radius 3 is 2.46 bits per heavy atom. The fraction of sp³-hybridized carbons (Fsp3) is 0.143. The van der Waals surface area contributed by atoms with Crippen molar-refractivity contribution in [1.82, 2.24) is 0 Å². The van der Waals surface area contributed by atoms with Gasteiger partial charge in [-0.3, -0.25) is 10.1 Å².